The number of nitrogens with two attached hydrogens (primary N) is 1. The summed E-state index contributed by atoms with van der Waals surface area (Å²) in [6.07, 6.45) is 3.13. The van der Waals surface area contributed by atoms with E-state index in [1.807, 2.05) is 0 Å². The zero-order valence-corrected chi connectivity index (χ0v) is 6.22. The second kappa shape index (κ2) is 2.58. The molecule has 1 fully saturated rings. The number of hydrogen-bond acceptors (Lipinski definition) is 3. The number of carbonyl (C=O) groups is 1. The Kier molecular flexibility index (Phi) is 1.94. The topological polar surface area (TPSA) is 52.3 Å². The molecular formula is C7H13NO2. The van der Waals surface area contributed by atoms with E-state index in [-0.39, 0.29) is 5.97 Å². The highest BCUT2D eigenvalue weighted by molar-refractivity contribution is 5.69. The van der Waals surface area contributed by atoms with Crippen molar-refractivity contribution in [1.82, 2.24) is 0 Å². The normalized spacial score (nSPS) is 21.4. The second-order valence-electron chi connectivity index (χ2n) is 2.75. The Hall–Kier alpha value is -0.570. The summed E-state index contributed by atoms with van der Waals surface area (Å²) in [6, 6.07) is 0. The molecule has 0 aliphatic heterocycles. The quantitative estimate of drug-likeness (QED) is 0.459. The van der Waals surface area contributed by atoms with Gasteiger partial charge in [0.2, 0.25) is 0 Å². The molecular weight excluding hydrogens is 130 g/mol. The van der Waals surface area contributed by atoms with Gasteiger partial charge >= 0.3 is 5.97 Å². The van der Waals surface area contributed by atoms with Gasteiger partial charge in [0.05, 0.1) is 0 Å². The average molecular weight is 143 g/mol. The molecule has 0 unspecified atom stereocenters. The van der Waals surface area contributed by atoms with E-state index in [1.54, 1.807) is 6.92 Å². The van der Waals surface area contributed by atoms with E-state index < -0.39 is 5.72 Å². The van der Waals surface area contributed by atoms with E-state index in [2.05, 4.69) is 0 Å². The van der Waals surface area contributed by atoms with Crippen LogP contribution in [0.15, 0.2) is 0 Å². The van der Waals surface area contributed by atoms with Gasteiger partial charge in [-0.1, -0.05) is 6.92 Å². The molecule has 1 aliphatic carbocycles. The highest BCUT2D eigenvalue weighted by Crippen LogP contribution is 2.30. The molecule has 1 saturated carbocycles. The largest absolute Gasteiger partial charge is 0.444 e. The summed E-state index contributed by atoms with van der Waals surface area (Å²) in [5, 5.41) is 0. The lowest BCUT2D eigenvalue weighted by molar-refractivity contribution is -0.168. The van der Waals surface area contributed by atoms with Gasteiger partial charge in [-0.05, 0) is 6.42 Å². The first-order valence-corrected chi connectivity index (χ1v) is 3.67. The van der Waals surface area contributed by atoms with Crippen LogP contribution in [-0.4, -0.2) is 11.7 Å². The number of esters is 1. The first-order chi connectivity index (χ1) is 4.66. The predicted octanol–water partition coefficient (Wildman–Crippen LogP) is 0.778. The second-order valence-corrected chi connectivity index (χ2v) is 2.75. The van der Waals surface area contributed by atoms with Crippen LogP contribution in [-0.2, 0) is 9.53 Å². The summed E-state index contributed by atoms with van der Waals surface area (Å²) in [5.41, 5.74) is 5.03. The molecule has 3 heteroatoms. The zero-order chi connectivity index (χ0) is 7.61. The fraction of sp³-hybridized carbons (Fsp3) is 0.857. The van der Waals surface area contributed by atoms with E-state index in [1.165, 1.54) is 0 Å². The molecule has 0 aromatic heterocycles. The average Bonchev–Trinajstić information content (AvgIpc) is 1.84. The summed E-state index contributed by atoms with van der Waals surface area (Å²) in [6.45, 7) is 1.77. The van der Waals surface area contributed by atoms with Gasteiger partial charge in [-0.3, -0.25) is 10.5 Å². The van der Waals surface area contributed by atoms with Gasteiger partial charge in [0.1, 0.15) is 0 Å². The first kappa shape index (κ1) is 7.54. The van der Waals surface area contributed by atoms with E-state index in [9.17, 15) is 4.79 Å². The third-order valence-electron chi connectivity index (χ3n) is 1.81. The lowest BCUT2D eigenvalue weighted by Crippen LogP contribution is -2.50. The Labute approximate surface area is 60.5 Å². The van der Waals surface area contributed by atoms with Gasteiger partial charge in [0.25, 0.3) is 0 Å². The van der Waals surface area contributed by atoms with Crippen LogP contribution in [0.1, 0.15) is 32.6 Å². The fourth-order valence-corrected chi connectivity index (χ4v) is 0.926. The standard InChI is InChI=1S/C7H13NO2/c1-2-6(9)10-7(8)4-3-5-7/h2-5,8H2,1H3. The van der Waals surface area contributed by atoms with Crippen LogP contribution in [0.5, 0.6) is 0 Å². The van der Waals surface area contributed by atoms with Crippen molar-refractivity contribution < 1.29 is 9.53 Å². The Balaban J connectivity index is 2.29. The third-order valence-corrected chi connectivity index (χ3v) is 1.81. The SMILES string of the molecule is CCC(=O)OC1(N)CCC1. The molecule has 0 saturated heterocycles. The lowest BCUT2D eigenvalue weighted by Gasteiger charge is -2.36. The van der Waals surface area contributed by atoms with Crippen LogP contribution in [0.2, 0.25) is 0 Å². The predicted molar refractivity (Wildman–Crippen MR) is 37.2 cm³/mol. The van der Waals surface area contributed by atoms with Crippen LogP contribution >= 0.6 is 0 Å². The Morgan fingerprint density at radius 1 is 1.70 bits per heavy atom. The summed E-state index contributed by atoms with van der Waals surface area (Å²) in [5.74, 6) is -0.192. The minimum atomic E-state index is -0.604. The molecule has 0 spiro atoms. The van der Waals surface area contributed by atoms with Gasteiger partial charge in [-0.15, -0.1) is 0 Å². The van der Waals surface area contributed by atoms with Crippen molar-refractivity contribution >= 4 is 5.97 Å². The zero-order valence-electron chi connectivity index (χ0n) is 6.22. The highest BCUT2D eigenvalue weighted by Gasteiger charge is 2.35. The van der Waals surface area contributed by atoms with Crippen molar-refractivity contribution in [2.75, 3.05) is 0 Å². The van der Waals surface area contributed by atoms with Gasteiger partial charge in [0, 0.05) is 19.3 Å². The minimum Gasteiger partial charge on any atom is -0.444 e. The van der Waals surface area contributed by atoms with Crippen LogP contribution in [0.3, 0.4) is 0 Å². The minimum absolute atomic E-state index is 0.192. The maximum atomic E-state index is 10.7. The Morgan fingerprint density at radius 3 is 2.60 bits per heavy atom. The van der Waals surface area contributed by atoms with Crippen molar-refractivity contribution in [2.24, 2.45) is 5.73 Å². The van der Waals surface area contributed by atoms with Crippen LogP contribution in [0, 0.1) is 0 Å². The first-order valence-electron chi connectivity index (χ1n) is 3.67. The van der Waals surface area contributed by atoms with Crippen molar-refractivity contribution in [3.8, 4) is 0 Å². The fourth-order valence-electron chi connectivity index (χ4n) is 0.926. The molecule has 1 aliphatic rings. The molecule has 0 bridgehead atoms. The Morgan fingerprint density at radius 2 is 2.30 bits per heavy atom. The molecule has 2 N–H and O–H groups in total. The molecule has 0 heterocycles. The van der Waals surface area contributed by atoms with Crippen molar-refractivity contribution in [3.05, 3.63) is 0 Å². The third kappa shape index (κ3) is 1.48. The molecule has 0 atom stereocenters. The van der Waals surface area contributed by atoms with E-state index in [0.29, 0.717) is 6.42 Å². The molecule has 10 heavy (non-hydrogen) atoms. The van der Waals surface area contributed by atoms with E-state index in [0.717, 1.165) is 19.3 Å². The smallest absolute Gasteiger partial charge is 0.307 e. The van der Waals surface area contributed by atoms with Crippen molar-refractivity contribution in [2.45, 2.75) is 38.3 Å². The van der Waals surface area contributed by atoms with E-state index in [4.69, 9.17) is 10.5 Å². The molecule has 0 radical (unpaired) electrons. The highest BCUT2D eigenvalue weighted by atomic mass is 16.6. The van der Waals surface area contributed by atoms with Crippen molar-refractivity contribution in [1.29, 1.82) is 0 Å². The molecule has 1 rings (SSSR count). The molecule has 0 aromatic carbocycles. The molecule has 0 amide bonds. The summed E-state index contributed by atoms with van der Waals surface area (Å²) < 4.78 is 4.96. The van der Waals surface area contributed by atoms with Gasteiger partial charge in [-0.2, -0.15) is 0 Å². The van der Waals surface area contributed by atoms with Gasteiger partial charge < -0.3 is 4.74 Å². The summed E-state index contributed by atoms with van der Waals surface area (Å²) >= 11 is 0. The van der Waals surface area contributed by atoms with Crippen LogP contribution in [0.25, 0.3) is 0 Å². The number of rotatable bonds is 2. The Bertz CT molecular complexity index is 141. The summed E-state index contributed by atoms with van der Waals surface area (Å²) in [4.78, 5) is 10.7. The van der Waals surface area contributed by atoms with Crippen LogP contribution < -0.4 is 5.73 Å². The van der Waals surface area contributed by atoms with Gasteiger partial charge in [0.15, 0.2) is 5.72 Å². The number of hydrogen-bond donors (Lipinski definition) is 1. The molecule has 3 nitrogen and oxygen atoms in total. The van der Waals surface area contributed by atoms with Crippen molar-refractivity contribution in [3.63, 3.8) is 0 Å². The monoisotopic (exact) mass is 143 g/mol. The number of carbonyl (C=O) groups excluding carboxylic acids is 1. The van der Waals surface area contributed by atoms with Crippen LogP contribution in [0.4, 0.5) is 0 Å². The molecule has 0 aromatic rings. The maximum Gasteiger partial charge on any atom is 0.307 e. The van der Waals surface area contributed by atoms with Gasteiger partial charge in [-0.25, -0.2) is 0 Å². The maximum absolute atomic E-state index is 10.7. The molecule has 58 valence electrons. The van der Waals surface area contributed by atoms with E-state index >= 15 is 0 Å². The number of ether oxygens (including phenoxy) is 1. The summed E-state index contributed by atoms with van der Waals surface area (Å²) in [7, 11) is 0. The lowest BCUT2D eigenvalue weighted by atomic mass is 9.89.